The van der Waals surface area contributed by atoms with Crippen LogP contribution < -0.4 is 10.6 Å². The lowest BCUT2D eigenvalue weighted by atomic mass is 10.1. The smallest absolute Gasteiger partial charge is 0.361 e. The zero-order valence-corrected chi connectivity index (χ0v) is 17.4. The monoisotopic (exact) mass is 451 g/mol. The molecule has 0 spiro atoms. The van der Waals surface area contributed by atoms with E-state index in [2.05, 4.69) is 15.6 Å². The van der Waals surface area contributed by atoms with E-state index in [-0.39, 0.29) is 23.6 Å². The molecule has 8 heteroatoms. The van der Waals surface area contributed by atoms with Crippen LogP contribution in [-0.2, 0) is 17.4 Å². The number of amides is 2. The van der Waals surface area contributed by atoms with E-state index in [1.807, 2.05) is 30.5 Å². The van der Waals surface area contributed by atoms with Gasteiger partial charge in [0.2, 0.25) is 5.91 Å². The first-order valence-electron chi connectivity index (χ1n) is 10.2. The first-order chi connectivity index (χ1) is 15.8. The summed E-state index contributed by atoms with van der Waals surface area (Å²) in [5.41, 5.74) is 1.86. The highest BCUT2D eigenvalue weighted by Crippen LogP contribution is 2.30. The number of alkyl halides is 3. The van der Waals surface area contributed by atoms with Gasteiger partial charge in [0, 0.05) is 40.5 Å². The van der Waals surface area contributed by atoms with Gasteiger partial charge in [-0.1, -0.05) is 30.3 Å². The van der Waals surface area contributed by atoms with E-state index in [1.165, 1.54) is 24.3 Å². The number of rotatable bonds is 6. The number of aryl methyl sites for hydroxylation is 1. The van der Waals surface area contributed by atoms with Crippen LogP contribution in [0.4, 0.5) is 24.5 Å². The summed E-state index contributed by atoms with van der Waals surface area (Å²) >= 11 is 0. The molecule has 0 aliphatic rings. The van der Waals surface area contributed by atoms with E-state index in [9.17, 15) is 22.8 Å². The summed E-state index contributed by atoms with van der Waals surface area (Å²) in [5, 5.41) is 6.29. The van der Waals surface area contributed by atoms with Crippen LogP contribution in [0.1, 0.15) is 27.9 Å². The van der Waals surface area contributed by atoms with Gasteiger partial charge in [-0.2, -0.15) is 13.2 Å². The predicted molar refractivity (Wildman–Crippen MR) is 121 cm³/mol. The second-order valence-corrected chi connectivity index (χ2v) is 7.52. The number of benzene rings is 3. The molecule has 0 aliphatic carbocycles. The fourth-order valence-corrected chi connectivity index (χ4v) is 3.52. The summed E-state index contributed by atoms with van der Waals surface area (Å²) < 4.78 is 38.6. The minimum atomic E-state index is -4.50. The van der Waals surface area contributed by atoms with Crippen molar-refractivity contribution < 1.29 is 22.8 Å². The van der Waals surface area contributed by atoms with E-state index in [0.717, 1.165) is 28.6 Å². The second kappa shape index (κ2) is 9.20. The lowest BCUT2D eigenvalue weighted by Crippen LogP contribution is -2.15. The number of aromatic amines is 1. The van der Waals surface area contributed by atoms with Gasteiger partial charge in [0.1, 0.15) is 0 Å². The van der Waals surface area contributed by atoms with Gasteiger partial charge in [-0.25, -0.2) is 0 Å². The van der Waals surface area contributed by atoms with E-state index in [1.54, 1.807) is 12.1 Å². The van der Waals surface area contributed by atoms with Crippen LogP contribution in [0.5, 0.6) is 0 Å². The third-order valence-corrected chi connectivity index (χ3v) is 5.15. The Hall–Kier alpha value is -4.07. The van der Waals surface area contributed by atoms with E-state index in [0.29, 0.717) is 12.1 Å². The number of hydrogen-bond donors (Lipinski definition) is 3. The van der Waals surface area contributed by atoms with Gasteiger partial charge in [-0.3, -0.25) is 9.59 Å². The number of carbonyl (C=O) groups excluding carboxylic acids is 2. The summed E-state index contributed by atoms with van der Waals surface area (Å²) in [7, 11) is 0. The molecule has 0 radical (unpaired) electrons. The summed E-state index contributed by atoms with van der Waals surface area (Å²) in [4.78, 5) is 28.1. The van der Waals surface area contributed by atoms with Crippen molar-refractivity contribution in [1.29, 1.82) is 0 Å². The Labute approximate surface area is 187 Å². The highest BCUT2D eigenvalue weighted by atomic mass is 19.4. The van der Waals surface area contributed by atoms with Crippen molar-refractivity contribution in [2.45, 2.75) is 19.0 Å². The molecule has 168 valence electrons. The average molecular weight is 451 g/mol. The highest BCUT2D eigenvalue weighted by Gasteiger charge is 2.30. The fourth-order valence-electron chi connectivity index (χ4n) is 3.52. The Bertz CT molecular complexity index is 1310. The van der Waals surface area contributed by atoms with Crippen molar-refractivity contribution in [3.05, 3.63) is 95.7 Å². The summed E-state index contributed by atoms with van der Waals surface area (Å²) in [5.74, 6) is -0.792. The van der Waals surface area contributed by atoms with Crippen LogP contribution in [0.2, 0.25) is 0 Å². The maximum absolute atomic E-state index is 12.9. The minimum Gasteiger partial charge on any atom is -0.361 e. The number of aromatic nitrogens is 1. The summed E-state index contributed by atoms with van der Waals surface area (Å²) in [6, 6.07) is 18.5. The van der Waals surface area contributed by atoms with Crippen molar-refractivity contribution in [3.8, 4) is 0 Å². The Morgan fingerprint density at radius 2 is 1.58 bits per heavy atom. The molecule has 4 rings (SSSR count). The number of H-pyrrole nitrogens is 1. The molecule has 0 saturated carbocycles. The number of carbonyl (C=O) groups is 2. The Morgan fingerprint density at radius 1 is 0.848 bits per heavy atom. The zero-order valence-electron chi connectivity index (χ0n) is 17.4. The molecule has 33 heavy (non-hydrogen) atoms. The Kier molecular flexibility index (Phi) is 6.17. The molecule has 0 bridgehead atoms. The molecule has 2 amide bonds. The quantitative estimate of drug-likeness (QED) is 0.336. The number of anilines is 2. The molecule has 3 aromatic carbocycles. The van der Waals surface area contributed by atoms with Gasteiger partial charge in [0.25, 0.3) is 5.91 Å². The maximum atomic E-state index is 12.9. The van der Waals surface area contributed by atoms with Crippen molar-refractivity contribution in [2.75, 3.05) is 10.6 Å². The van der Waals surface area contributed by atoms with Gasteiger partial charge in [0.15, 0.2) is 0 Å². The molecule has 0 atom stereocenters. The standard InChI is InChI=1S/C25H20F3N3O2/c26-25(27,28)18-6-4-8-20(14-18)31-24(33)16-5-3-7-19(13-16)30-23(32)12-11-17-15-29-22-10-2-1-9-21(17)22/h1-10,13-15,29H,11-12H2,(H,30,32)(H,31,33). The normalized spacial score (nSPS) is 11.4. The van der Waals surface area contributed by atoms with Crippen LogP contribution >= 0.6 is 0 Å². The molecule has 3 N–H and O–H groups in total. The number of hydrogen-bond acceptors (Lipinski definition) is 2. The third kappa shape index (κ3) is 5.41. The molecule has 0 fully saturated rings. The molecule has 1 heterocycles. The molecular weight excluding hydrogens is 431 g/mol. The van der Waals surface area contributed by atoms with E-state index < -0.39 is 17.6 Å². The molecular formula is C25H20F3N3O2. The van der Waals surface area contributed by atoms with Crippen molar-refractivity contribution >= 4 is 34.1 Å². The van der Waals surface area contributed by atoms with Crippen molar-refractivity contribution in [3.63, 3.8) is 0 Å². The van der Waals surface area contributed by atoms with Crippen molar-refractivity contribution in [1.82, 2.24) is 4.98 Å². The molecule has 4 aromatic rings. The van der Waals surface area contributed by atoms with Crippen LogP contribution in [0.25, 0.3) is 10.9 Å². The topological polar surface area (TPSA) is 74.0 Å². The fraction of sp³-hybridized carbons (Fsp3) is 0.120. The number of nitrogens with one attached hydrogen (secondary N) is 3. The molecule has 0 aliphatic heterocycles. The Morgan fingerprint density at radius 3 is 2.36 bits per heavy atom. The van der Waals surface area contributed by atoms with E-state index in [4.69, 9.17) is 0 Å². The lowest BCUT2D eigenvalue weighted by Gasteiger charge is -2.11. The first-order valence-corrected chi connectivity index (χ1v) is 10.2. The van der Waals surface area contributed by atoms with Gasteiger partial charge < -0.3 is 15.6 Å². The summed E-state index contributed by atoms with van der Waals surface area (Å²) in [6.07, 6.45) is -1.82. The van der Waals surface area contributed by atoms with Gasteiger partial charge in [-0.05, 0) is 54.4 Å². The molecule has 0 saturated heterocycles. The average Bonchev–Trinajstić information content (AvgIpc) is 3.21. The lowest BCUT2D eigenvalue weighted by molar-refractivity contribution is -0.137. The molecule has 1 aromatic heterocycles. The predicted octanol–water partition coefficient (Wildman–Crippen LogP) is 6.01. The highest BCUT2D eigenvalue weighted by molar-refractivity contribution is 6.05. The second-order valence-electron chi connectivity index (χ2n) is 7.52. The van der Waals surface area contributed by atoms with Gasteiger partial charge in [-0.15, -0.1) is 0 Å². The van der Waals surface area contributed by atoms with Crippen LogP contribution in [-0.4, -0.2) is 16.8 Å². The number of halogens is 3. The van der Waals surface area contributed by atoms with Crippen LogP contribution in [0.15, 0.2) is 79.0 Å². The van der Waals surface area contributed by atoms with Crippen LogP contribution in [0, 0.1) is 0 Å². The minimum absolute atomic E-state index is 0.0305. The maximum Gasteiger partial charge on any atom is 0.416 e. The Balaban J connectivity index is 1.38. The SMILES string of the molecule is O=C(CCc1c[nH]c2ccccc12)Nc1cccc(C(=O)Nc2cccc(C(F)(F)F)c2)c1. The number of fused-ring (bicyclic) bond motifs is 1. The van der Waals surface area contributed by atoms with Gasteiger partial charge in [0.05, 0.1) is 5.56 Å². The molecule has 0 unspecified atom stereocenters. The third-order valence-electron chi connectivity index (χ3n) is 5.15. The first kappa shape index (κ1) is 22.1. The van der Waals surface area contributed by atoms with Crippen LogP contribution in [0.3, 0.4) is 0 Å². The zero-order chi connectivity index (χ0) is 23.4. The summed E-state index contributed by atoms with van der Waals surface area (Å²) in [6.45, 7) is 0. The molecule has 5 nitrogen and oxygen atoms in total. The van der Waals surface area contributed by atoms with Crippen molar-refractivity contribution in [2.24, 2.45) is 0 Å². The largest absolute Gasteiger partial charge is 0.416 e. The number of para-hydroxylation sites is 1. The van der Waals surface area contributed by atoms with Gasteiger partial charge >= 0.3 is 6.18 Å². The van der Waals surface area contributed by atoms with E-state index >= 15 is 0 Å².